The highest BCUT2D eigenvalue weighted by Crippen LogP contribution is 2.22. The van der Waals surface area contributed by atoms with Gasteiger partial charge < -0.3 is 19.9 Å². The number of hydrogen-bond donors (Lipinski definition) is 2. The smallest absolute Gasteiger partial charge is 0.249 e. The molecule has 8 heteroatoms. The van der Waals surface area contributed by atoms with Crippen molar-refractivity contribution in [2.24, 2.45) is 5.73 Å². The molecule has 3 N–H and O–H groups in total. The number of nitrogens with two attached hydrogens (primary N) is 1. The summed E-state index contributed by atoms with van der Waals surface area (Å²) in [5, 5.41) is 3.05. The molecule has 2 aromatic heterocycles. The van der Waals surface area contributed by atoms with Gasteiger partial charge in [0.05, 0.1) is 30.3 Å². The molecule has 8 nitrogen and oxygen atoms in total. The molecule has 0 amide bonds. The summed E-state index contributed by atoms with van der Waals surface area (Å²) < 4.78 is 10.3. The summed E-state index contributed by atoms with van der Waals surface area (Å²) in [7, 11) is 0. The first-order valence-electron chi connectivity index (χ1n) is 10.8. The molecule has 4 rings (SSSR count). The van der Waals surface area contributed by atoms with Gasteiger partial charge in [0.1, 0.15) is 11.5 Å². The van der Waals surface area contributed by atoms with Crippen molar-refractivity contribution in [1.82, 2.24) is 0 Å². The molecule has 0 aliphatic rings. The normalized spacial score (nSPS) is 12.4. The van der Waals surface area contributed by atoms with Crippen LogP contribution in [0, 0.1) is 20.8 Å². The predicted octanol–water partition coefficient (Wildman–Crippen LogP) is 3.34. The van der Waals surface area contributed by atoms with Gasteiger partial charge in [-0.25, -0.2) is 0 Å². The Balaban J connectivity index is 0.000000192. The lowest BCUT2D eigenvalue weighted by Gasteiger charge is -2.17. The third kappa shape index (κ3) is 5.84. The maximum atomic E-state index is 11.3. The van der Waals surface area contributed by atoms with Crippen molar-refractivity contribution >= 4 is 5.69 Å². The summed E-state index contributed by atoms with van der Waals surface area (Å²) in [5.41, 5.74) is 6.36. The Labute approximate surface area is 191 Å². The summed E-state index contributed by atoms with van der Waals surface area (Å²) in [6.45, 7) is 9.01. The Morgan fingerprint density at radius 1 is 0.758 bits per heavy atom. The van der Waals surface area contributed by atoms with Gasteiger partial charge in [-0.2, -0.15) is 0 Å². The van der Waals surface area contributed by atoms with Gasteiger partial charge in [-0.05, 0) is 57.9 Å². The van der Waals surface area contributed by atoms with Crippen LogP contribution in [0.3, 0.4) is 0 Å². The minimum Gasteiger partial charge on any atom is -0.468 e. The summed E-state index contributed by atoms with van der Waals surface area (Å²) in [5.74, 6) is 1.65. The van der Waals surface area contributed by atoms with E-state index in [1.54, 1.807) is 39.4 Å². The van der Waals surface area contributed by atoms with Crippen LogP contribution in [0.5, 0.6) is 0 Å². The van der Waals surface area contributed by atoms with Crippen molar-refractivity contribution in [3.63, 3.8) is 0 Å². The minimum atomic E-state index is -0.428. The highest BCUT2D eigenvalue weighted by molar-refractivity contribution is 5.56. The van der Waals surface area contributed by atoms with Crippen molar-refractivity contribution in [3.05, 3.63) is 106 Å². The van der Waals surface area contributed by atoms with Crippen LogP contribution in [0.4, 0.5) is 5.69 Å². The van der Waals surface area contributed by atoms with Gasteiger partial charge in [0.2, 0.25) is 21.7 Å². The molecular weight excluding hydrogens is 424 g/mol. The van der Waals surface area contributed by atoms with Crippen molar-refractivity contribution < 1.29 is 8.83 Å². The Morgan fingerprint density at radius 3 is 1.61 bits per heavy atom. The van der Waals surface area contributed by atoms with Crippen LogP contribution in [0.1, 0.15) is 67.0 Å². The first-order chi connectivity index (χ1) is 15.6. The molecular formula is C25H30N2O6. The third-order valence-electron chi connectivity index (χ3n) is 5.56. The number of anilines is 1. The lowest BCUT2D eigenvalue weighted by atomic mass is 10.1. The van der Waals surface area contributed by atoms with Crippen LogP contribution < -0.4 is 32.8 Å². The molecule has 0 saturated carbocycles. The fourth-order valence-corrected chi connectivity index (χ4v) is 3.04. The number of nitrogens with one attached hydrogen (secondary N) is 1. The quantitative estimate of drug-likeness (QED) is 0.424. The lowest BCUT2D eigenvalue weighted by molar-refractivity contribution is 0.460. The van der Waals surface area contributed by atoms with Crippen LogP contribution in [0.15, 0.2) is 64.8 Å². The average Bonchev–Trinajstić information content (AvgIpc) is 3.58. The fourth-order valence-electron chi connectivity index (χ4n) is 3.04. The molecule has 4 aromatic rings. The first-order valence-corrected chi connectivity index (χ1v) is 10.8. The third-order valence-corrected chi connectivity index (χ3v) is 5.56. The van der Waals surface area contributed by atoms with Crippen molar-refractivity contribution in [2.45, 2.75) is 59.5 Å². The molecule has 0 aliphatic heterocycles. The molecule has 2 aromatic carbocycles. The Hall–Kier alpha value is -3.52. The number of hydrogen-bond acceptors (Lipinski definition) is 8. The van der Waals surface area contributed by atoms with Gasteiger partial charge >= 0.3 is 0 Å². The van der Waals surface area contributed by atoms with Crippen LogP contribution in [0.2, 0.25) is 0 Å². The molecule has 0 unspecified atom stereocenters. The van der Waals surface area contributed by atoms with E-state index in [0.717, 1.165) is 24.4 Å². The Kier molecular flexibility index (Phi) is 8.87. The summed E-state index contributed by atoms with van der Waals surface area (Å²) in [6, 6.07) is 7.41. The number of furan rings is 2. The largest absolute Gasteiger partial charge is 0.468 e. The Bertz CT molecular complexity index is 1250. The van der Waals surface area contributed by atoms with E-state index in [1.807, 2.05) is 32.0 Å². The lowest BCUT2D eigenvalue weighted by Crippen LogP contribution is -2.37. The van der Waals surface area contributed by atoms with Crippen LogP contribution >= 0.6 is 0 Å². The van der Waals surface area contributed by atoms with Gasteiger partial charge in [0, 0.05) is 16.7 Å². The SMILES string of the molecule is CC[C@@H](N)c1ccco1.CC[C@@H](Nc1c(C)c(=O)c1=O)c1ccco1.Cc1c(C)c(=O)c1=O. The predicted molar refractivity (Wildman–Crippen MR) is 128 cm³/mol. The minimum absolute atomic E-state index is 0.0583. The van der Waals surface area contributed by atoms with E-state index in [-0.39, 0.29) is 22.9 Å². The van der Waals surface area contributed by atoms with E-state index in [4.69, 9.17) is 14.6 Å². The van der Waals surface area contributed by atoms with E-state index in [0.29, 0.717) is 22.4 Å². The molecule has 0 saturated heterocycles. The molecule has 176 valence electrons. The summed E-state index contributed by atoms with van der Waals surface area (Å²) in [6.07, 6.45) is 4.94. The first kappa shape index (κ1) is 25.7. The molecule has 0 spiro atoms. The average molecular weight is 455 g/mol. The second kappa shape index (κ2) is 11.4. The van der Waals surface area contributed by atoms with Crippen LogP contribution in [-0.2, 0) is 0 Å². The monoisotopic (exact) mass is 454 g/mol. The maximum absolute atomic E-state index is 11.3. The van der Waals surface area contributed by atoms with Crippen molar-refractivity contribution in [3.8, 4) is 0 Å². The maximum Gasteiger partial charge on any atom is 0.249 e. The van der Waals surface area contributed by atoms with Gasteiger partial charge in [-0.1, -0.05) is 13.8 Å². The zero-order valence-electron chi connectivity index (χ0n) is 19.6. The highest BCUT2D eigenvalue weighted by atomic mass is 16.3. The Morgan fingerprint density at radius 2 is 1.24 bits per heavy atom. The molecule has 2 atom stereocenters. The highest BCUT2D eigenvalue weighted by Gasteiger charge is 2.21. The molecule has 33 heavy (non-hydrogen) atoms. The van der Waals surface area contributed by atoms with E-state index >= 15 is 0 Å². The van der Waals surface area contributed by atoms with E-state index in [2.05, 4.69) is 5.32 Å². The van der Waals surface area contributed by atoms with E-state index < -0.39 is 10.9 Å². The van der Waals surface area contributed by atoms with Crippen molar-refractivity contribution in [2.75, 3.05) is 5.32 Å². The molecule has 0 fully saturated rings. The summed E-state index contributed by atoms with van der Waals surface area (Å²) >= 11 is 0. The molecule has 2 heterocycles. The molecule has 0 bridgehead atoms. The zero-order valence-corrected chi connectivity index (χ0v) is 19.6. The topological polar surface area (TPSA) is 133 Å². The van der Waals surface area contributed by atoms with Crippen LogP contribution in [-0.4, -0.2) is 0 Å². The number of rotatable bonds is 6. The van der Waals surface area contributed by atoms with Gasteiger partial charge in [0.25, 0.3) is 0 Å². The zero-order chi connectivity index (χ0) is 24.7. The second-order valence-corrected chi connectivity index (χ2v) is 7.72. The summed E-state index contributed by atoms with van der Waals surface area (Å²) in [4.78, 5) is 43.1. The standard InChI is InChI=1S/C12H13NO3.C7H11NO.C6H6O2/c1-3-8(9-5-4-6-16-9)13-10-7(2)11(14)12(10)15;1-2-6(8)7-4-3-5-9-7;1-3-4(2)6(8)5(3)7/h4-6,8,13H,3H2,1-2H3;3-6H,2,8H2,1H3;1-2H3/t8-;6-;/m11./s1. The van der Waals surface area contributed by atoms with E-state index in [9.17, 15) is 19.2 Å². The molecule has 0 radical (unpaired) electrons. The van der Waals surface area contributed by atoms with Crippen LogP contribution in [0.25, 0.3) is 0 Å². The van der Waals surface area contributed by atoms with Gasteiger partial charge in [-0.15, -0.1) is 0 Å². The van der Waals surface area contributed by atoms with Gasteiger partial charge in [0.15, 0.2) is 0 Å². The second-order valence-electron chi connectivity index (χ2n) is 7.72. The van der Waals surface area contributed by atoms with E-state index in [1.165, 1.54) is 0 Å². The molecule has 0 aliphatic carbocycles. The van der Waals surface area contributed by atoms with Gasteiger partial charge in [-0.3, -0.25) is 19.2 Å². The van der Waals surface area contributed by atoms with Crippen molar-refractivity contribution in [1.29, 1.82) is 0 Å². The fraction of sp³-hybridized carbons (Fsp3) is 0.360.